The molecule has 3 amide bonds. The molecule has 2 rings (SSSR count). The highest BCUT2D eigenvalue weighted by Crippen LogP contribution is 2.22. The molecule has 2 aliphatic heterocycles. The predicted molar refractivity (Wildman–Crippen MR) is 53.0 cm³/mol. The number of hydrogen-bond acceptors (Lipinski definition) is 4. The molecule has 0 saturated carbocycles. The van der Waals surface area contributed by atoms with Crippen molar-refractivity contribution in [1.29, 1.82) is 0 Å². The molecule has 6 heteroatoms. The number of piperazine rings is 1. The fourth-order valence-electron chi connectivity index (χ4n) is 1.86. The molecule has 0 bridgehead atoms. The van der Waals surface area contributed by atoms with Crippen molar-refractivity contribution in [3.8, 4) is 0 Å². The third-order valence-corrected chi connectivity index (χ3v) is 2.61. The monoisotopic (exact) mass is 224 g/mol. The smallest absolute Gasteiger partial charge is 0.277 e. The van der Waals surface area contributed by atoms with Gasteiger partial charge in [0.2, 0.25) is 5.91 Å². The molecule has 0 spiro atoms. The SMILES string of the molecule is COCC(=O)N1CC(=O)N2CCC=C2C1=O. The fraction of sp³-hybridized carbons (Fsp3) is 0.500. The molecule has 16 heavy (non-hydrogen) atoms. The van der Waals surface area contributed by atoms with Crippen LogP contribution >= 0.6 is 0 Å². The van der Waals surface area contributed by atoms with Gasteiger partial charge in [0.25, 0.3) is 11.8 Å². The second-order valence-electron chi connectivity index (χ2n) is 3.64. The van der Waals surface area contributed by atoms with Crippen LogP contribution in [-0.2, 0) is 19.1 Å². The third-order valence-electron chi connectivity index (χ3n) is 2.61. The van der Waals surface area contributed by atoms with E-state index in [2.05, 4.69) is 4.74 Å². The van der Waals surface area contributed by atoms with Crippen molar-refractivity contribution in [3.05, 3.63) is 11.8 Å². The van der Waals surface area contributed by atoms with Gasteiger partial charge in [-0.05, 0) is 6.42 Å². The summed E-state index contributed by atoms with van der Waals surface area (Å²) < 4.78 is 4.66. The molecular formula is C10H12N2O4. The van der Waals surface area contributed by atoms with E-state index in [9.17, 15) is 14.4 Å². The molecule has 0 aromatic heterocycles. The van der Waals surface area contributed by atoms with Crippen LogP contribution in [0, 0.1) is 0 Å². The largest absolute Gasteiger partial charge is 0.375 e. The van der Waals surface area contributed by atoms with Gasteiger partial charge < -0.3 is 9.64 Å². The Hall–Kier alpha value is -1.69. The highest BCUT2D eigenvalue weighted by Gasteiger charge is 2.39. The normalized spacial score (nSPS) is 19.9. The Morgan fingerprint density at radius 2 is 2.25 bits per heavy atom. The second-order valence-corrected chi connectivity index (χ2v) is 3.64. The standard InChI is InChI=1S/C10H12N2O4/c1-16-6-9(14)12-5-8(13)11-4-2-3-7(11)10(12)15/h3H,2,4-6H2,1H3. The Balaban J connectivity index is 2.20. The first-order valence-electron chi connectivity index (χ1n) is 4.99. The highest BCUT2D eigenvalue weighted by molar-refractivity contribution is 6.11. The Bertz CT molecular complexity index is 388. The quantitative estimate of drug-likeness (QED) is 0.610. The molecular weight excluding hydrogens is 212 g/mol. The number of amides is 3. The van der Waals surface area contributed by atoms with E-state index in [-0.39, 0.29) is 19.1 Å². The van der Waals surface area contributed by atoms with Gasteiger partial charge in [-0.2, -0.15) is 0 Å². The van der Waals surface area contributed by atoms with Crippen molar-refractivity contribution in [3.63, 3.8) is 0 Å². The van der Waals surface area contributed by atoms with E-state index in [1.54, 1.807) is 6.08 Å². The fourth-order valence-corrected chi connectivity index (χ4v) is 1.86. The van der Waals surface area contributed by atoms with Gasteiger partial charge in [0.15, 0.2) is 0 Å². The molecule has 0 N–H and O–H groups in total. The average Bonchev–Trinajstić information content (AvgIpc) is 2.73. The molecule has 0 aromatic rings. The Morgan fingerprint density at radius 3 is 2.94 bits per heavy atom. The molecule has 0 aromatic carbocycles. The first-order chi connectivity index (χ1) is 7.65. The zero-order valence-electron chi connectivity index (χ0n) is 8.93. The van der Waals surface area contributed by atoms with E-state index in [1.165, 1.54) is 12.0 Å². The van der Waals surface area contributed by atoms with Gasteiger partial charge in [-0.25, -0.2) is 0 Å². The van der Waals surface area contributed by atoms with Crippen LogP contribution in [0.25, 0.3) is 0 Å². The summed E-state index contributed by atoms with van der Waals surface area (Å²) in [4.78, 5) is 37.4. The number of methoxy groups -OCH3 is 1. The van der Waals surface area contributed by atoms with Crippen LogP contribution in [0.1, 0.15) is 6.42 Å². The van der Waals surface area contributed by atoms with E-state index < -0.39 is 11.8 Å². The second kappa shape index (κ2) is 4.05. The van der Waals surface area contributed by atoms with E-state index in [0.717, 1.165) is 4.90 Å². The van der Waals surface area contributed by atoms with Crippen molar-refractivity contribution in [2.24, 2.45) is 0 Å². The van der Waals surface area contributed by atoms with Gasteiger partial charge in [0, 0.05) is 13.7 Å². The summed E-state index contributed by atoms with van der Waals surface area (Å²) in [7, 11) is 1.37. The van der Waals surface area contributed by atoms with Gasteiger partial charge in [0.05, 0.1) is 0 Å². The van der Waals surface area contributed by atoms with Crippen LogP contribution in [0.3, 0.4) is 0 Å². The molecule has 0 atom stereocenters. The van der Waals surface area contributed by atoms with Crippen LogP contribution in [0.5, 0.6) is 0 Å². The predicted octanol–water partition coefficient (Wildman–Crippen LogP) is -0.882. The van der Waals surface area contributed by atoms with Crippen molar-refractivity contribution in [2.75, 3.05) is 26.8 Å². The van der Waals surface area contributed by atoms with Crippen molar-refractivity contribution >= 4 is 17.7 Å². The summed E-state index contributed by atoms with van der Waals surface area (Å²) in [6, 6.07) is 0. The maximum Gasteiger partial charge on any atom is 0.277 e. The van der Waals surface area contributed by atoms with E-state index in [1.807, 2.05) is 0 Å². The van der Waals surface area contributed by atoms with Gasteiger partial charge in [-0.3, -0.25) is 19.3 Å². The zero-order chi connectivity index (χ0) is 11.7. The highest BCUT2D eigenvalue weighted by atomic mass is 16.5. The topological polar surface area (TPSA) is 66.9 Å². The molecule has 0 radical (unpaired) electrons. The number of fused-ring (bicyclic) bond motifs is 1. The summed E-state index contributed by atoms with van der Waals surface area (Å²) >= 11 is 0. The number of carbonyl (C=O) groups excluding carboxylic acids is 3. The molecule has 0 aliphatic carbocycles. The summed E-state index contributed by atoms with van der Waals surface area (Å²) in [5.74, 6) is -1.10. The van der Waals surface area contributed by atoms with Crippen LogP contribution < -0.4 is 0 Å². The zero-order valence-corrected chi connectivity index (χ0v) is 8.93. The number of hydrogen-bond donors (Lipinski definition) is 0. The number of rotatable bonds is 2. The first-order valence-corrected chi connectivity index (χ1v) is 4.99. The van der Waals surface area contributed by atoms with Crippen molar-refractivity contribution in [1.82, 2.24) is 9.80 Å². The summed E-state index contributed by atoms with van der Waals surface area (Å²) in [6.07, 6.45) is 2.35. The molecule has 2 aliphatic rings. The number of imide groups is 1. The minimum absolute atomic E-state index is 0.182. The number of ether oxygens (including phenoxy) is 1. The molecule has 2 heterocycles. The molecule has 0 unspecified atom stereocenters. The van der Waals surface area contributed by atoms with E-state index >= 15 is 0 Å². The molecule has 6 nitrogen and oxygen atoms in total. The lowest BCUT2D eigenvalue weighted by molar-refractivity contribution is -0.154. The Morgan fingerprint density at radius 1 is 1.50 bits per heavy atom. The Kier molecular flexibility index (Phi) is 2.74. The van der Waals surface area contributed by atoms with Crippen LogP contribution in [0.2, 0.25) is 0 Å². The van der Waals surface area contributed by atoms with Gasteiger partial charge in [-0.15, -0.1) is 0 Å². The number of carbonyl (C=O) groups is 3. The van der Waals surface area contributed by atoms with Crippen LogP contribution in [-0.4, -0.2) is 54.3 Å². The maximum absolute atomic E-state index is 11.9. The minimum atomic E-state index is -0.478. The van der Waals surface area contributed by atoms with Gasteiger partial charge >= 0.3 is 0 Å². The first kappa shape index (κ1) is 10.8. The molecule has 1 saturated heterocycles. The Labute approximate surface area is 92.4 Å². The third kappa shape index (κ3) is 1.61. The summed E-state index contributed by atoms with van der Waals surface area (Å²) in [5.41, 5.74) is 0.320. The lowest BCUT2D eigenvalue weighted by Gasteiger charge is -2.31. The molecule has 1 fully saturated rings. The summed E-state index contributed by atoms with van der Waals surface area (Å²) in [6.45, 7) is 0.164. The number of nitrogens with zero attached hydrogens (tertiary/aromatic N) is 2. The maximum atomic E-state index is 11.9. The average molecular weight is 224 g/mol. The van der Waals surface area contributed by atoms with Crippen LogP contribution in [0.15, 0.2) is 11.8 Å². The van der Waals surface area contributed by atoms with Crippen LogP contribution in [0.4, 0.5) is 0 Å². The lowest BCUT2D eigenvalue weighted by Crippen LogP contribution is -2.53. The lowest BCUT2D eigenvalue weighted by atomic mass is 10.2. The van der Waals surface area contributed by atoms with Crippen molar-refractivity contribution in [2.45, 2.75) is 6.42 Å². The van der Waals surface area contributed by atoms with Gasteiger partial charge in [0.1, 0.15) is 18.8 Å². The van der Waals surface area contributed by atoms with E-state index in [0.29, 0.717) is 18.7 Å². The minimum Gasteiger partial charge on any atom is -0.375 e. The summed E-state index contributed by atoms with van der Waals surface area (Å²) in [5, 5.41) is 0. The van der Waals surface area contributed by atoms with Gasteiger partial charge in [-0.1, -0.05) is 6.08 Å². The van der Waals surface area contributed by atoms with E-state index in [4.69, 9.17) is 0 Å². The molecule has 86 valence electrons. The van der Waals surface area contributed by atoms with Crippen molar-refractivity contribution < 1.29 is 19.1 Å².